The Hall–Kier alpha value is -2.05. The summed E-state index contributed by atoms with van der Waals surface area (Å²) in [5.74, 6) is 0.00354. The molecular formula is C17H14BrN3OS. The smallest absolute Gasteiger partial charge is 0.224 e. The van der Waals surface area contributed by atoms with Gasteiger partial charge in [-0.15, -0.1) is 5.10 Å². The summed E-state index contributed by atoms with van der Waals surface area (Å²) in [6.45, 7) is 0. The maximum absolute atomic E-state index is 12.1. The molecular weight excluding hydrogens is 374 g/mol. The molecule has 1 N–H and O–H groups in total. The van der Waals surface area contributed by atoms with Crippen LogP contribution in [0.15, 0.2) is 58.4 Å². The predicted molar refractivity (Wildman–Crippen MR) is 96.4 cm³/mol. The van der Waals surface area contributed by atoms with Crippen molar-refractivity contribution < 1.29 is 4.79 Å². The van der Waals surface area contributed by atoms with Crippen LogP contribution in [-0.4, -0.2) is 15.5 Å². The summed E-state index contributed by atoms with van der Waals surface area (Å²) in [6.07, 6.45) is 1.15. The lowest BCUT2D eigenvalue weighted by molar-refractivity contribution is -0.116. The van der Waals surface area contributed by atoms with Gasteiger partial charge in [-0.25, -0.2) is 0 Å². The van der Waals surface area contributed by atoms with Crippen LogP contribution in [0.2, 0.25) is 0 Å². The van der Waals surface area contributed by atoms with Crippen molar-refractivity contribution in [3.63, 3.8) is 0 Å². The first kappa shape index (κ1) is 15.8. The summed E-state index contributed by atoms with van der Waals surface area (Å²) in [7, 11) is 0. The van der Waals surface area contributed by atoms with Gasteiger partial charge in [0.05, 0.1) is 0 Å². The van der Waals surface area contributed by atoms with E-state index in [1.165, 1.54) is 11.5 Å². The first-order valence-corrected chi connectivity index (χ1v) is 8.76. The number of carbonyl (C=O) groups excluding carboxylic acids is 1. The van der Waals surface area contributed by atoms with E-state index in [0.717, 1.165) is 27.0 Å². The predicted octanol–water partition coefficient (Wildman–Crippen LogP) is 4.54. The normalized spacial score (nSPS) is 10.5. The van der Waals surface area contributed by atoms with Gasteiger partial charge in [0, 0.05) is 27.5 Å². The first-order chi connectivity index (χ1) is 11.2. The molecule has 0 aliphatic rings. The van der Waals surface area contributed by atoms with Gasteiger partial charge in [0.25, 0.3) is 0 Å². The highest BCUT2D eigenvalue weighted by Crippen LogP contribution is 2.21. The van der Waals surface area contributed by atoms with Crippen LogP contribution < -0.4 is 5.32 Å². The number of carbonyl (C=O) groups is 1. The van der Waals surface area contributed by atoms with Crippen molar-refractivity contribution in [1.29, 1.82) is 0 Å². The number of amides is 1. The van der Waals surface area contributed by atoms with E-state index in [4.69, 9.17) is 0 Å². The van der Waals surface area contributed by atoms with Crippen LogP contribution >= 0.6 is 27.5 Å². The van der Waals surface area contributed by atoms with E-state index in [9.17, 15) is 4.79 Å². The lowest BCUT2D eigenvalue weighted by Crippen LogP contribution is -2.12. The Bertz CT molecular complexity index is 788. The van der Waals surface area contributed by atoms with Crippen LogP contribution in [0, 0.1) is 0 Å². The number of halogens is 1. The Morgan fingerprint density at radius 3 is 2.61 bits per heavy atom. The summed E-state index contributed by atoms with van der Waals surface area (Å²) < 4.78 is 4.88. The van der Waals surface area contributed by atoms with Crippen LogP contribution in [0.5, 0.6) is 0 Å². The Morgan fingerprint density at radius 2 is 1.91 bits per heavy atom. The zero-order valence-electron chi connectivity index (χ0n) is 12.2. The second-order valence-corrected chi connectivity index (χ2v) is 6.47. The number of hydrogen-bond acceptors (Lipinski definition) is 4. The number of hydrogen-bond donors (Lipinski definition) is 1. The Labute approximate surface area is 146 Å². The molecule has 0 unspecified atom stereocenters. The van der Waals surface area contributed by atoms with Gasteiger partial charge in [-0.1, -0.05) is 50.8 Å². The van der Waals surface area contributed by atoms with E-state index in [0.29, 0.717) is 12.8 Å². The monoisotopic (exact) mass is 387 g/mol. The highest BCUT2D eigenvalue weighted by molar-refractivity contribution is 9.10. The molecule has 0 aliphatic heterocycles. The molecule has 4 nitrogen and oxygen atoms in total. The van der Waals surface area contributed by atoms with Crippen molar-refractivity contribution >= 4 is 39.1 Å². The summed E-state index contributed by atoms with van der Waals surface area (Å²) >= 11 is 4.82. The third kappa shape index (κ3) is 4.24. The van der Waals surface area contributed by atoms with Crippen LogP contribution in [-0.2, 0) is 11.2 Å². The van der Waals surface area contributed by atoms with Gasteiger partial charge in [0.2, 0.25) is 5.91 Å². The number of nitrogens with one attached hydrogen (secondary N) is 1. The van der Waals surface area contributed by atoms with E-state index >= 15 is 0 Å². The quantitative estimate of drug-likeness (QED) is 0.698. The van der Waals surface area contributed by atoms with Gasteiger partial charge in [0.1, 0.15) is 5.69 Å². The minimum absolute atomic E-state index is 0.00354. The number of aromatic nitrogens is 2. The van der Waals surface area contributed by atoms with Gasteiger partial charge in [-0.3, -0.25) is 4.79 Å². The highest BCUT2D eigenvalue weighted by Gasteiger charge is 2.06. The first-order valence-electron chi connectivity index (χ1n) is 7.13. The van der Waals surface area contributed by atoms with Gasteiger partial charge in [0.15, 0.2) is 0 Å². The molecule has 0 radical (unpaired) electrons. The maximum Gasteiger partial charge on any atom is 0.224 e. The van der Waals surface area contributed by atoms with Crippen LogP contribution in [0.4, 0.5) is 5.69 Å². The standard InChI is InChI=1S/C17H14BrN3OS/c18-15-4-2-1-3-12(15)7-10-17(22)19-14-8-5-13(6-9-14)16-11-23-21-20-16/h1-6,8-9,11H,7,10H2,(H,19,22). The third-order valence-corrected chi connectivity index (χ3v) is 4.68. The molecule has 116 valence electrons. The molecule has 2 aromatic carbocycles. The lowest BCUT2D eigenvalue weighted by Gasteiger charge is -2.07. The van der Waals surface area contributed by atoms with E-state index in [1.54, 1.807) is 0 Å². The van der Waals surface area contributed by atoms with Crippen molar-refractivity contribution in [2.24, 2.45) is 0 Å². The van der Waals surface area contributed by atoms with E-state index in [2.05, 4.69) is 30.8 Å². The largest absolute Gasteiger partial charge is 0.326 e. The van der Waals surface area contributed by atoms with Gasteiger partial charge in [-0.05, 0) is 41.7 Å². The third-order valence-electron chi connectivity index (χ3n) is 3.40. The molecule has 0 fully saturated rings. The molecule has 0 aliphatic carbocycles. The number of anilines is 1. The van der Waals surface area contributed by atoms with Crippen LogP contribution in [0.1, 0.15) is 12.0 Å². The molecule has 1 amide bonds. The molecule has 3 aromatic rings. The van der Waals surface area contributed by atoms with Crippen molar-refractivity contribution in [3.05, 3.63) is 63.9 Å². The van der Waals surface area contributed by atoms with Gasteiger partial charge >= 0.3 is 0 Å². The Balaban J connectivity index is 1.57. The second kappa shape index (κ2) is 7.48. The van der Waals surface area contributed by atoms with Crippen molar-refractivity contribution in [2.75, 3.05) is 5.32 Å². The average Bonchev–Trinajstić information content (AvgIpc) is 3.09. The maximum atomic E-state index is 12.1. The fourth-order valence-electron chi connectivity index (χ4n) is 2.19. The molecule has 0 saturated heterocycles. The van der Waals surface area contributed by atoms with Crippen LogP contribution in [0.25, 0.3) is 11.3 Å². The summed E-state index contributed by atoms with van der Waals surface area (Å²) in [5, 5.41) is 8.84. The average molecular weight is 388 g/mol. The van der Waals surface area contributed by atoms with Crippen molar-refractivity contribution in [2.45, 2.75) is 12.8 Å². The molecule has 0 atom stereocenters. The van der Waals surface area contributed by atoms with Crippen molar-refractivity contribution in [3.8, 4) is 11.3 Å². The molecule has 1 aromatic heterocycles. The molecule has 23 heavy (non-hydrogen) atoms. The zero-order chi connectivity index (χ0) is 16.1. The molecule has 0 bridgehead atoms. The van der Waals surface area contributed by atoms with Crippen molar-refractivity contribution in [1.82, 2.24) is 9.59 Å². The number of rotatable bonds is 5. The summed E-state index contributed by atoms with van der Waals surface area (Å²) in [4.78, 5) is 12.1. The molecule has 0 saturated carbocycles. The van der Waals surface area contributed by atoms with Gasteiger partial charge < -0.3 is 5.32 Å². The molecule has 3 rings (SSSR count). The van der Waals surface area contributed by atoms with Gasteiger partial charge in [-0.2, -0.15) is 0 Å². The summed E-state index contributed by atoms with van der Waals surface area (Å²) in [6, 6.07) is 15.6. The zero-order valence-corrected chi connectivity index (χ0v) is 14.6. The fourth-order valence-corrected chi connectivity index (χ4v) is 3.14. The molecule has 0 spiro atoms. The number of aryl methyl sites for hydroxylation is 1. The lowest BCUT2D eigenvalue weighted by atomic mass is 10.1. The minimum atomic E-state index is 0.00354. The SMILES string of the molecule is O=C(CCc1ccccc1Br)Nc1ccc(-c2csnn2)cc1. The van der Waals surface area contributed by atoms with E-state index in [-0.39, 0.29) is 5.91 Å². The van der Waals surface area contributed by atoms with E-state index in [1.807, 2.05) is 53.9 Å². The molecule has 6 heteroatoms. The van der Waals surface area contributed by atoms with E-state index < -0.39 is 0 Å². The summed E-state index contributed by atoms with van der Waals surface area (Å²) in [5.41, 5.74) is 3.76. The second-order valence-electron chi connectivity index (χ2n) is 5.01. The number of nitrogens with zero attached hydrogens (tertiary/aromatic N) is 2. The minimum Gasteiger partial charge on any atom is -0.326 e. The number of benzene rings is 2. The fraction of sp³-hybridized carbons (Fsp3) is 0.118. The topological polar surface area (TPSA) is 54.9 Å². The Kier molecular flexibility index (Phi) is 5.15. The van der Waals surface area contributed by atoms with Crippen LogP contribution in [0.3, 0.4) is 0 Å². The molecule has 1 heterocycles. The Morgan fingerprint density at radius 1 is 1.13 bits per heavy atom. The highest BCUT2D eigenvalue weighted by atomic mass is 79.9.